The van der Waals surface area contributed by atoms with Crippen LogP contribution in [0.25, 0.3) is 22.3 Å². The highest BCUT2D eigenvalue weighted by molar-refractivity contribution is 5.74. The molecule has 0 unspecified atom stereocenters. The summed E-state index contributed by atoms with van der Waals surface area (Å²) in [6.07, 6.45) is 0.872. The number of aryl methyl sites for hydroxylation is 2. The molecule has 1 nitrogen and oxygen atoms in total. The molecule has 0 fully saturated rings. The van der Waals surface area contributed by atoms with Crippen molar-refractivity contribution in [3.05, 3.63) is 77.6 Å². The number of halogens is 1. The van der Waals surface area contributed by atoms with Crippen LogP contribution in [0.15, 0.2) is 60.7 Å². The number of phenols is 1. The smallest absolute Gasteiger partial charge is 0.126 e. The first-order valence-corrected chi connectivity index (χ1v) is 7.77. The van der Waals surface area contributed by atoms with Crippen LogP contribution in [0.2, 0.25) is 0 Å². The van der Waals surface area contributed by atoms with Gasteiger partial charge in [0.15, 0.2) is 0 Å². The van der Waals surface area contributed by atoms with E-state index < -0.39 is 0 Å². The lowest BCUT2D eigenvalue weighted by molar-refractivity contribution is 0.475. The Bertz CT molecular complexity index is 835. The molecule has 0 saturated carbocycles. The summed E-state index contributed by atoms with van der Waals surface area (Å²) in [4.78, 5) is 0. The van der Waals surface area contributed by atoms with Gasteiger partial charge in [-0.05, 0) is 64.9 Å². The van der Waals surface area contributed by atoms with Crippen molar-refractivity contribution in [2.45, 2.75) is 20.3 Å². The van der Waals surface area contributed by atoms with Crippen LogP contribution in [0, 0.1) is 12.7 Å². The lowest BCUT2D eigenvalue weighted by Crippen LogP contribution is -1.91. The van der Waals surface area contributed by atoms with Crippen molar-refractivity contribution in [3.63, 3.8) is 0 Å². The lowest BCUT2D eigenvalue weighted by Gasteiger charge is -2.12. The first-order valence-electron chi connectivity index (χ1n) is 7.77. The third-order valence-corrected chi connectivity index (χ3v) is 4.17. The molecule has 0 amide bonds. The van der Waals surface area contributed by atoms with E-state index in [1.807, 2.05) is 36.4 Å². The average molecular weight is 306 g/mol. The van der Waals surface area contributed by atoms with Gasteiger partial charge in [-0.2, -0.15) is 0 Å². The van der Waals surface area contributed by atoms with Crippen molar-refractivity contribution in [3.8, 4) is 28.0 Å². The van der Waals surface area contributed by atoms with Crippen LogP contribution in [-0.2, 0) is 6.42 Å². The number of aromatic hydroxyl groups is 1. The molecule has 23 heavy (non-hydrogen) atoms. The Morgan fingerprint density at radius 1 is 0.826 bits per heavy atom. The van der Waals surface area contributed by atoms with E-state index in [0.717, 1.165) is 28.7 Å². The fraction of sp³-hybridized carbons (Fsp3) is 0.143. The molecular formula is C21H19FO. The molecule has 1 N–H and O–H groups in total. The zero-order valence-corrected chi connectivity index (χ0v) is 13.3. The predicted octanol–water partition coefficient (Wildman–Crippen LogP) is 5.74. The highest BCUT2D eigenvalue weighted by Crippen LogP contribution is 2.31. The zero-order chi connectivity index (χ0) is 16.4. The fourth-order valence-corrected chi connectivity index (χ4v) is 2.76. The van der Waals surface area contributed by atoms with Gasteiger partial charge < -0.3 is 5.11 Å². The molecule has 3 aromatic rings. The van der Waals surface area contributed by atoms with E-state index in [9.17, 15) is 9.50 Å². The van der Waals surface area contributed by atoms with E-state index in [1.165, 1.54) is 5.56 Å². The van der Waals surface area contributed by atoms with Crippen LogP contribution in [0.1, 0.15) is 18.1 Å². The Labute approximate surface area is 136 Å². The second-order valence-electron chi connectivity index (χ2n) is 5.74. The van der Waals surface area contributed by atoms with Crippen molar-refractivity contribution in [1.82, 2.24) is 0 Å². The Hall–Kier alpha value is -2.61. The quantitative estimate of drug-likeness (QED) is 0.654. The summed E-state index contributed by atoms with van der Waals surface area (Å²) in [7, 11) is 0. The van der Waals surface area contributed by atoms with Crippen LogP contribution < -0.4 is 0 Å². The van der Waals surface area contributed by atoms with Crippen molar-refractivity contribution in [2.75, 3.05) is 0 Å². The first-order chi connectivity index (χ1) is 11.1. The Morgan fingerprint density at radius 2 is 1.48 bits per heavy atom. The molecule has 0 aromatic heterocycles. The molecule has 0 radical (unpaired) electrons. The summed E-state index contributed by atoms with van der Waals surface area (Å²) in [5.74, 6) is 0.0865. The molecule has 0 saturated heterocycles. The van der Waals surface area contributed by atoms with E-state index in [4.69, 9.17) is 0 Å². The number of hydrogen-bond donors (Lipinski definition) is 1. The van der Waals surface area contributed by atoms with Gasteiger partial charge in [-0.25, -0.2) is 4.39 Å². The molecular weight excluding hydrogens is 287 g/mol. The van der Waals surface area contributed by atoms with E-state index in [2.05, 4.69) is 13.0 Å². The molecule has 3 aromatic carbocycles. The Kier molecular flexibility index (Phi) is 4.16. The number of phenolic OH excluding ortho intramolecular Hbond substituents is 1. The summed E-state index contributed by atoms with van der Waals surface area (Å²) in [6.45, 7) is 3.87. The molecule has 0 aliphatic carbocycles. The van der Waals surface area contributed by atoms with Gasteiger partial charge in [-0.3, -0.25) is 0 Å². The summed E-state index contributed by atoms with van der Waals surface area (Å²) < 4.78 is 13.9. The minimum atomic E-state index is -0.174. The van der Waals surface area contributed by atoms with Crippen LogP contribution in [-0.4, -0.2) is 5.11 Å². The van der Waals surface area contributed by atoms with Crippen molar-refractivity contribution in [2.24, 2.45) is 0 Å². The van der Waals surface area contributed by atoms with Crippen molar-refractivity contribution >= 4 is 0 Å². The molecule has 0 bridgehead atoms. The minimum Gasteiger partial charge on any atom is -0.508 e. The van der Waals surface area contributed by atoms with Crippen LogP contribution in [0.3, 0.4) is 0 Å². The molecule has 0 heterocycles. The maximum Gasteiger partial charge on any atom is 0.126 e. The summed E-state index contributed by atoms with van der Waals surface area (Å²) in [5, 5.41) is 9.41. The maximum absolute atomic E-state index is 13.9. The lowest BCUT2D eigenvalue weighted by atomic mass is 9.93. The monoisotopic (exact) mass is 306 g/mol. The maximum atomic E-state index is 13.9. The second kappa shape index (κ2) is 6.25. The molecule has 116 valence electrons. The fourth-order valence-electron chi connectivity index (χ4n) is 2.76. The topological polar surface area (TPSA) is 20.2 Å². The van der Waals surface area contributed by atoms with Gasteiger partial charge in [0.1, 0.15) is 11.6 Å². The summed E-state index contributed by atoms with van der Waals surface area (Å²) in [5.41, 5.74) is 5.96. The van der Waals surface area contributed by atoms with Crippen molar-refractivity contribution < 1.29 is 9.50 Å². The molecule has 0 aliphatic heterocycles. The Balaban J connectivity index is 2.06. The van der Waals surface area contributed by atoms with Gasteiger partial charge in [0.25, 0.3) is 0 Å². The van der Waals surface area contributed by atoms with Crippen LogP contribution in [0.5, 0.6) is 5.75 Å². The zero-order valence-electron chi connectivity index (χ0n) is 13.3. The van der Waals surface area contributed by atoms with Gasteiger partial charge in [0, 0.05) is 0 Å². The van der Waals surface area contributed by atoms with E-state index in [-0.39, 0.29) is 11.6 Å². The van der Waals surface area contributed by atoms with Crippen molar-refractivity contribution in [1.29, 1.82) is 0 Å². The van der Waals surface area contributed by atoms with Gasteiger partial charge in [-0.15, -0.1) is 0 Å². The highest BCUT2D eigenvalue weighted by Gasteiger charge is 2.08. The first kappa shape index (κ1) is 15.3. The third kappa shape index (κ3) is 3.11. The standard InChI is InChI=1S/C21H19FO/c1-3-15-12-17(16-6-9-19(23)10-7-16)8-11-20(15)18-5-4-14(2)21(22)13-18/h4-13,23H,3H2,1-2H3. The normalized spacial score (nSPS) is 10.7. The summed E-state index contributed by atoms with van der Waals surface area (Å²) >= 11 is 0. The molecule has 0 atom stereocenters. The molecule has 3 rings (SSSR count). The number of rotatable bonds is 3. The minimum absolute atomic E-state index is 0.174. The second-order valence-corrected chi connectivity index (χ2v) is 5.74. The Morgan fingerprint density at radius 3 is 2.13 bits per heavy atom. The van der Waals surface area contributed by atoms with E-state index in [0.29, 0.717) is 5.56 Å². The van der Waals surface area contributed by atoms with Crippen LogP contribution in [0.4, 0.5) is 4.39 Å². The number of benzene rings is 3. The van der Waals surface area contributed by atoms with Crippen LogP contribution >= 0.6 is 0 Å². The molecule has 0 spiro atoms. The van der Waals surface area contributed by atoms with E-state index >= 15 is 0 Å². The van der Waals surface area contributed by atoms with E-state index in [1.54, 1.807) is 25.1 Å². The largest absolute Gasteiger partial charge is 0.508 e. The average Bonchev–Trinajstić information content (AvgIpc) is 2.57. The SMILES string of the molecule is CCc1cc(-c2ccc(O)cc2)ccc1-c1ccc(C)c(F)c1. The number of hydrogen-bond acceptors (Lipinski definition) is 1. The molecule has 0 aliphatic rings. The predicted molar refractivity (Wildman–Crippen MR) is 93.1 cm³/mol. The van der Waals surface area contributed by atoms with Gasteiger partial charge >= 0.3 is 0 Å². The third-order valence-electron chi connectivity index (χ3n) is 4.17. The highest BCUT2D eigenvalue weighted by atomic mass is 19.1. The van der Waals surface area contributed by atoms with Gasteiger partial charge in [0.05, 0.1) is 0 Å². The molecule has 2 heteroatoms. The van der Waals surface area contributed by atoms with Gasteiger partial charge in [-0.1, -0.05) is 49.4 Å². The van der Waals surface area contributed by atoms with Gasteiger partial charge in [0.2, 0.25) is 0 Å². The summed E-state index contributed by atoms with van der Waals surface area (Å²) in [6, 6.07) is 18.8.